The molecule has 152 valence electrons. The summed E-state index contributed by atoms with van der Waals surface area (Å²) in [7, 11) is 1.41. The summed E-state index contributed by atoms with van der Waals surface area (Å²) in [6, 6.07) is 7.64. The minimum absolute atomic E-state index is 0.152. The number of rotatable bonds is 4. The van der Waals surface area contributed by atoms with Crippen LogP contribution in [-0.4, -0.2) is 51.1 Å². The fourth-order valence-corrected chi connectivity index (χ4v) is 3.46. The number of hydrogen-bond acceptors (Lipinski definition) is 7. The lowest BCUT2D eigenvalue weighted by Gasteiger charge is -2.38. The molecule has 0 atom stereocenters. The molecule has 3 heterocycles. The molecular weight excluding hydrogens is 392 g/mol. The third-order valence-electron chi connectivity index (χ3n) is 5.01. The van der Waals surface area contributed by atoms with E-state index in [4.69, 9.17) is 26.3 Å². The van der Waals surface area contributed by atoms with Crippen LogP contribution in [0.2, 0.25) is 5.02 Å². The molecule has 8 nitrogen and oxygen atoms in total. The smallest absolute Gasteiger partial charge is 0.312 e. The van der Waals surface area contributed by atoms with Gasteiger partial charge in [0.15, 0.2) is 17.0 Å². The predicted molar refractivity (Wildman–Crippen MR) is 110 cm³/mol. The summed E-state index contributed by atoms with van der Waals surface area (Å²) in [6.45, 7) is 7.73. The first kappa shape index (κ1) is 19.6. The first-order chi connectivity index (χ1) is 13.8. The molecule has 9 heteroatoms. The lowest BCUT2D eigenvalue weighted by molar-refractivity contribution is -0.146. The maximum Gasteiger partial charge on any atom is 0.312 e. The van der Waals surface area contributed by atoms with E-state index in [0.29, 0.717) is 47.5 Å². The van der Waals surface area contributed by atoms with Crippen molar-refractivity contribution in [3.63, 3.8) is 0 Å². The molecule has 1 fully saturated rings. The Balaban J connectivity index is 1.75. The highest BCUT2D eigenvalue weighted by molar-refractivity contribution is 6.31. The van der Waals surface area contributed by atoms with Crippen LogP contribution in [0.25, 0.3) is 11.2 Å². The van der Waals surface area contributed by atoms with E-state index in [1.807, 2.05) is 29.2 Å². The Hall–Kier alpha value is -2.74. The molecule has 0 radical (unpaired) electrons. The number of esters is 1. The van der Waals surface area contributed by atoms with Crippen molar-refractivity contribution in [2.75, 3.05) is 25.1 Å². The summed E-state index contributed by atoms with van der Waals surface area (Å²) in [4.78, 5) is 23.3. The molecule has 0 N–H and O–H groups in total. The zero-order valence-corrected chi connectivity index (χ0v) is 17.6. The maximum atomic E-state index is 11.8. The summed E-state index contributed by atoms with van der Waals surface area (Å²) >= 11 is 6.32. The van der Waals surface area contributed by atoms with Crippen molar-refractivity contribution in [3.8, 4) is 0 Å². The zero-order chi connectivity index (χ0) is 20.8. The van der Waals surface area contributed by atoms with Crippen LogP contribution in [0.3, 0.4) is 0 Å². The normalized spacial score (nSPS) is 14.9. The fraction of sp³-hybridized carbons (Fsp3) is 0.450. The Morgan fingerprint density at radius 3 is 2.62 bits per heavy atom. The molecule has 0 amide bonds. The lowest BCUT2D eigenvalue weighted by atomic mass is 9.95. The molecule has 1 saturated heterocycles. The van der Waals surface area contributed by atoms with Gasteiger partial charge in [0.1, 0.15) is 5.82 Å². The summed E-state index contributed by atoms with van der Waals surface area (Å²) in [5.41, 5.74) is 1.96. The van der Waals surface area contributed by atoms with E-state index in [-0.39, 0.29) is 17.3 Å². The Kier molecular flexibility index (Phi) is 4.90. The molecule has 0 unspecified atom stereocenters. The number of methoxy groups -OCH3 is 1. The summed E-state index contributed by atoms with van der Waals surface area (Å²) < 4.78 is 6.59. The highest BCUT2D eigenvalue weighted by atomic mass is 35.5. The van der Waals surface area contributed by atoms with Crippen LogP contribution < -0.4 is 4.90 Å². The van der Waals surface area contributed by atoms with Gasteiger partial charge in [0.25, 0.3) is 0 Å². The van der Waals surface area contributed by atoms with Gasteiger partial charge in [-0.2, -0.15) is 0 Å². The van der Waals surface area contributed by atoms with E-state index in [1.165, 1.54) is 7.11 Å². The Bertz CT molecular complexity index is 1070. The number of anilines is 1. The Labute approximate surface area is 173 Å². The standard InChI is InChI=1S/C20H23ClN6O2/c1-20(2,3)19-22-16(26-9-13(10-26)18(28)29-4)15-17(23-19)27(25-24-15)11-12-7-5-6-8-14(12)21/h5-8,13H,9-11H2,1-4H3. The molecule has 1 aliphatic heterocycles. The van der Waals surface area contributed by atoms with Gasteiger partial charge in [-0.1, -0.05) is 55.8 Å². The number of hydrogen-bond donors (Lipinski definition) is 0. The second-order valence-electron chi connectivity index (χ2n) is 8.26. The van der Waals surface area contributed by atoms with Crippen molar-refractivity contribution >= 4 is 34.6 Å². The van der Waals surface area contributed by atoms with Crippen molar-refractivity contribution in [3.05, 3.63) is 40.7 Å². The molecule has 2 aromatic heterocycles. The summed E-state index contributed by atoms with van der Waals surface area (Å²) in [5.74, 6) is 1.04. The average molecular weight is 415 g/mol. The number of halogens is 1. The van der Waals surface area contributed by atoms with Crippen LogP contribution in [0, 0.1) is 5.92 Å². The monoisotopic (exact) mass is 414 g/mol. The molecule has 4 rings (SSSR count). The number of carbonyl (C=O) groups is 1. The topological polar surface area (TPSA) is 86.0 Å². The van der Waals surface area contributed by atoms with Gasteiger partial charge in [0.05, 0.1) is 19.6 Å². The predicted octanol–water partition coefficient (Wildman–Crippen LogP) is 2.83. The van der Waals surface area contributed by atoms with E-state index >= 15 is 0 Å². The second kappa shape index (κ2) is 7.26. The summed E-state index contributed by atoms with van der Waals surface area (Å²) in [5, 5.41) is 9.33. The third kappa shape index (κ3) is 3.64. The van der Waals surface area contributed by atoms with Gasteiger partial charge in [-0.3, -0.25) is 4.79 Å². The maximum absolute atomic E-state index is 11.8. The van der Waals surface area contributed by atoms with Crippen LogP contribution in [0.15, 0.2) is 24.3 Å². The van der Waals surface area contributed by atoms with E-state index in [2.05, 4.69) is 31.1 Å². The van der Waals surface area contributed by atoms with E-state index < -0.39 is 0 Å². The van der Waals surface area contributed by atoms with Crippen LogP contribution >= 0.6 is 11.6 Å². The number of fused-ring (bicyclic) bond motifs is 1. The molecule has 29 heavy (non-hydrogen) atoms. The SMILES string of the molecule is COC(=O)C1CN(c2nc(C(C)(C)C)nc3c2nnn3Cc2ccccc2Cl)C1. The van der Waals surface area contributed by atoms with Crippen LogP contribution in [0.4, 0.5) is 5.82 Å². The molecule has 1 aliphatic rings. The van der Waals surface area contributed by atoms with Gasteiger partial charge in [-0.15, -0.1) is 5.10 Å². The van der Waals surface area contributed by atoms with Crippen LogP contribution in [0.5, 0.6) is 0 Å². The van der Waals surface area contributed by atoms with E-state index in [9.17, 15) is 4.79 Å². The van der Waals surface area contributed by atoms with Crippen molar-refractivity contribution in [1.29, 1.82) is 0 Å². The average Bonchev–Trinajstić information content (AvgIpc) is 3.04. The Morgan fingerprint density at radius 1 is 1.24 bits per heavy atom. The number of ether oxygens (including phenoxy) is 1. The largest absolute Gasteiger partial charge is 0.469 e. The number of aromatic nitrogens is 5. The van der Waals surface area contributed by atoms with Crippen molar-refractivity contribution in [2.24, 2.45) is 5.92 Å². The number of nitrogens with zero attached hydrogens (tertiary/aromatic N) is 6. The number of benzene rings is 1. The summed E-state index contributed by atoms with van der Waals surface area (Å²) in [6.07, 6.45) is 0. The van der Waals surface area contributed by atoms with Crippen molar-refractivity contribution < 1.29 is 9.53 Å². The lowest BCUT2D eigenvalue weighted by Crippen LogP contribution is -2.51. The first-order valence-corrected chi connectivity index (χ1v) is 9.83. The van der Waals surface area contributed by atoms with Gasteiger partial charge in [0, 0.05) is 23.5 Å². The van der Waals surface area contributed by atoms with E-state index in [1.54, 1.807) is 4.68 Å². The van der Waals surface area contributed by atoms with Crippen molar-refractivity contribution in [1.82, 2.24) is 25.0 Å². The molecule has 0 aliphatic carbocycles. The molecule has 3 aromatic rings. The second-order valence-corrected chi connectivity index (χ2v) is 8.66. The molecular formula is C20H23ClN6O2. The molecule has 0 saturated carbocycles. The molecule has 1 aromatic carbocycles. The van der Waals surface area contributed by atoms with Gasteiger partial charge >= 0.3 is 5.97 Å². The molecule has 0 spiro atoms. The Morgan fingerprint density at radius 2 is 1.97 bits per heavy atom. The van der Waals surface area contributed by atoms with Crippen molar-refractivity contribution in [2.45, 2.75) is 32.7 Å². The van der Waals surface area contributed by atoms with E-state index in [0.717, 1.165) is 5.56 Å². The first-order valence-electron chi connectivity index (χ1n) is 9.46. The number of carbonyl (C=O) groups excluding carboxylic acids is 1. The highest BCUT2D eigenvalue weighted by Crippen LogP contribution is 2.32. The zero-order valence-electron chi connectivity index (χ0n) is 16.9. The van der Waals surface area contributed by atoms with Gasteiger partial charge in [0.2, 0.25) is 0 Å². The third-order valence-corrected chi connectivity index (χ3v) is 5.38. The van der Waals surface area contributed by atoms with Crippen LogP contribution in [-0.2, 0) is 21.5 Å². The van der Waals surface area contributed by atoms with Gasteiger partial charge in [-0.05, 0) is 11.6 Å². The molecule has 0 bridgehead atoms. The van der Waals surface area contributed by atoms with Crippen LogP contribution in [0.1, 0.15) is 32.2 Å². The van der Waals surface area contributed by atoms with Gasteiger partial charge in [-0.25, -0.2) is 14.6 Å². The van der Waals surface area contributed by atoms with Gasteiger partial charge < -0.3 is 9.64 Å². The fourth-order valence-electron chi connectivity index (χ4n) is 3.26. The minimum Gasteiger partial charge on any atom is -0.469 e. The quantitative estimate of drug-likeness (QED) is 0.606. The highest BCUT2D eigenvalue weighted by Gasteiger charge is 2.37. The minimum atomic E-state index is -0.255.